The first-order chi connectivity index (χ1) is 34.2. The number of para-hydroxylation sites is 6. The van der Waals surface area contributed by atoms with Crippen molar-refractivity contribution in [2.24, 2.45) is 0 Å². The van der Waals surface area contributed by atoms with Gasteiger partial charge in [-0.2, -0.15) is 0 Å². The maximum absolute atomic E-state index is 7.09. The lowest BCUT2D eigenvalue weighted by Gasteiger charge is -2.30. The molecule has 1 aliphatic heterocycles. The molecule has 13 aromatic rings. The van der Waals surface area contributed by atoms with Crippen LogP contribution in [0.1, 0.15) is 0 Å². The number of ether oxygens (including phenoxy) is 1. The van der Waals surface area contributed by atoms with E-state index in [1.54, 1.807) is 0 Å². The highest BCUT2D eigenvalue weighted by Crippen LogP contribution is 2.51. The molecule has 69 heavy (non-hydrogen) atoms. The van der Waals surface area contributed by atoms with Gasteiger partial charge in [0.2, 0.25) is 0 Å². The van der Waals surface area contributed by atoms with Gasteiger partial charge in [-0.25, -0.2) is 0 Å². The summed E-state index contributed by atoms with van der Waals surface area (Å²) in [4.78, 5) is 4.59. The average molecular weight is 885 g/mol. The van der Waals surface area contributed by atoms with Gasteiger partial charge < -0.3 is 23.4 Å². The fraction of sp³-hybridized carbons (Fsp3) is 0. The number of benzene rings is 11. The average Bonchev–Trinajstić information content (AvgIpc) is 3.99. The van der Waals surface area contributed by atoms with Crippen LogP contribution in [0.15, 0.2) is 251 Å². The molecule has 324 valence electrons. The Labute approximate surface area is 397 Å². The van der Waals surface area contributed by atoms with Gasteiger partial charge in [-0.3, -0.25) is 0 Å². The van der Waals surface area contributed by atoms with Crippen molar-refractivity contribution in [3.63, 3.8) is 0 Å². The normalized spacial score (nSPS) is 11.9. The minimum atomic E-state index is 0.806. The molecule has 0 spiro atoms. The number of hydrogen-bond donors (Lipinski definition) is 0. The van der Waals surface area contributed by atoms with E-state index in [1.807, 2.05) is 24.3 Å². The van der Waals surface area contributed by atoms with Crippen LogP contribution in [0.5, 0.6) is 11.5 Å². The fourth-order valence-electron chi connectivity index (χ4n) is 10.5. The lowest BCUT2D eigenvalue weighted by Crippen LogP contribution is -2.11. The van der Waals surface area contributed by atoms with Crippen molar-refractivity contribution < 1.29 is 13.6 Å². The molecule has 0 fully saturated rings. The summed E-state index contributed by atoms with van der Waals surface area (Å²) in [6.45, 7) is 0. The van der Waals surface area contributed by atoms with E-state index in [-0.39, 0.29) is 0 Å². The van der Waals surface area contributed by atoms with Crippen molar-refractivity contribution in [2.75, 3.05) is 9.80 Å². The number of hydrogen-bond acceptors (Lipinski definition) is 5. The van der Waals surface area contributed by atoms with Crippen molar-refractivity contribution in [1.82, 2.24) is 0 Å². The Hall–Kier alpha value is -9.32. The van der Waals surface area contributed by atoms with Crippen LogP contribution in [-0.2, 0) is 0 Å². The molecule has 0 N–H and O–H groups in total. The molecule has 5 heteroatoms. The van der Waals surface area contributed by atoms with Crippen molar-refractivity contribution in [2.45, 2.75) is 0 Å². The Morgan fingerprint density at radius 2 is 0.725 bits per heavy atom. The standard InChI is InChI=1S/C64H40N2O3/c1-3-15-44(16-4-1)65(45-17-5-2-6-18-45)48-36-37-54-55-23-11-14-43-38-49(40-61(62(43)55)67-60(54)39-48)66(46-32-28-41(29-33-46)50-21-12-24-56-52-19-7-9-26-58(52)68-63(50)56)47-34-30-42(31-35-47)51-22-13-25-57-53-20-8-10-27-59(53)69-64(51)57/h1-40H. The van der Waals surface area contributed by atoms with Gasteiger partial charge in [-0.15, -0.1) is 0 Å². The zero-order valence-corrected chi connectivity index (χ0v) is 37.2. The van der Waals surface area contributed by atoms with E-state index in [1.165, 1.54) is 0 Å². The van der Waals surface area contributed by atoms with E-state index in [2.05, 4.69) is 228 Å². The molecule has 1 aliphatic rings. The SMILES string of the molecule is c1ccc(N(c2ccccc2)c2ccc3c(c2)Oc2cc(N(c4ccc(-c5cccc6c5oc5ccccc56)cc4)c4ccc(-c5cccc6c5oc5ccccc56)cc4)cc4cccc-3c24)cc1. The summed E-state index contributed by atoms with van der Waals surface area (Å²) >= 11 is 0. The number of fused-ring (bicyclic) bond motifs is 8. The van der Waals surface area contributed by atoms with Crippen LogP contribution in [0.2, 0.25) is 0 Å². The number of furan rings is 2. The van der Waals surface area contributed by atoms with E-state index >= 15 is 0 Å². The largest absolute Gasteiger partial charge is 0.456 e. The first kappa shape index (κ1) is 38.9. The van der Waals surface area contributed by atoms with Crippen LogP contribution in [-0.4, -0.2) is 0 Å². The van der Waals surface area contributed by atoms with Gasteiger partial charge >= 0.3 is 0 Å². The van der Waals surface area contributed by atoms with Crippen molar-refractivity contribution in [1.29, 1.82) is 0 Å². The van der Waals surface area contributed by atoms with Crippen LogP contribution in [0.25, 0.3) is 88.0 Å². The minimum absolute atomic E-state index is 0.806. The lowest BCUT2D eigenvalue weighted by molar-refractivity contribution is 0.487. The third-order valence-electron chi connectivity index (χ3n) is 13.6. The Balaban J connectivity index is 0.899. The monoisotopic (exact) mass is 884 g/mol. The molecular formula is C64H40N2O3. The second-order valence-electron chi connectivity index (χ2n) is 17.6. The molecule has 0 atom stereocenters. The lowest BCUT2D eigenvalue weighted by atomic mass is 9.93. The van der Waals surface area contributed by atoms with Crippen LogP contribution in [0.3, 0.4) is 0 Å². The summed E-state index contributed by atoms with van der Waals surface area (Å²) in [5, 5.41) is 6.64. The third-order valence-corrected chi connectivity index (χ3v) is 13.6. The highest BCUT2D eigenvalue weighted by Gasteiger charge is 2.25. The number of anilines is 6. The molecule has 0 unspecified atom stereocenters. The molecule has 0 bridgehead atoms. The molecule has 0 saturated heterocycles. The van der Waals surface area contributed by atoms with Crippen molar-refractivity contribution in [3.8, 4) is 44.9 Å². The van der Waals surface area contributed by atoms with Crippen molar-refractivity contribution in [3.05, 3.63) is 243 Å². The van der Waals surface area contributed by atoms with Crippen LogP contribution >= 0.6 is 0 Å². The summed E-state index contributed by atoms with van der Waals surface area (Å²) in [7, 11) is 0. The molecule has 14 rings (SSSR count). The molecule has 0 aliphatic carbocycles. The van der Waals surface area contributed by atoms with Gasteiger partial charge in [0.05, 0.1) is 5.69 Å². The summed E-state index contributed by atoms with van der Waals surface area (Å²) in [5.74, 6) is 1.61. The second kappa shape index (κ2) is 15.7. The molecule has 0 saturated carbocycles. The maximum Gasteiger partial charge on any atom is 0.143 e. The third kappa shape index (κ3) is 6.40. The van der Waals surface area contributed by atoms with E-state index in [0.717, 1.165) is 134 Å². The molecule has 3 heterocycles. The Morgan fingerprint density at radius 1 is 0.275 bits per heavy atom. The predicted molar refractivity (Wildman–Crippen MR) is 284 cm³/mol. The maximum atomic E-state index is 7.09. The van der Waals surface area contributed by atoms with Gasteiger partial charge in [-0.05, 0) is 101 Å². The molecule has 11 aromatic carbocycles. The smallest absolute Gasteiger partial charge is 0.143 e. The van der Waals surface area contributed by atoms with Crippen molar-refractivity contribution >= 4 is 88.8 Å². The predicted octanol–water partition coefficient (Wildman–Crippen LogP) is 18.7. The van der Waals surface area contributed by atoms with E-state index in [0.29, 0.717) is 0 Å². The Morgan fingerprint density at radius 3 is 1.30 bits per heavy atom. The molecular weight excluding hydrogens is 845 g/mol. The Bertz CT molecular complexity index is 3900. The zero-order chi connectivity index (χ0) is 45.4. The van der Waals surface area contributed by atoms with E-state index in [9.17, 15) is 0 Å². The second-order valence-corrected chi connectivity index (χ2v) is 17.6. The Kier molecular flexibility index (Phi) is 8.83. The number of rotatable bonds is 8. The highest BCUT2D eigenvalue weighted by molar-refractivity contribution is 6.11. The molecule has 0 radical (unpaired) electrons. The first-order valence-electron chi connectivity index (χ1n) is 23.3. The highest BCUT2D eigenvalue weighted by atomic mass is 16.5. The van der Waals surface area contributed by atoms with Gasteiger partial charge in [0.15, 0.2) is 0 Å². The van der Waals surface area contributed by atoms with Gasteiger partial charge in [-0.1, -0.05) is 152 Å². The van der Waals surface area contributed by atoms with Crippen LogP contribution in [0.4, 0.5) is 34.1 Å². The van der Waals surface area contributed by atoms with Crippen LogP contribution in [0, 0.1) is 0 Å². The molecule has 0 amide bonds. The molecule has 5 nitrogen and oxygen atoms in total. The fourth-order valence-corrected chi connectivity index (χ4v) is 10.5. The summed E-state index contributed by atoms with van der Waals surface area (Å²) in [6, 6.07) is 85.5. The summed E-state index contributed by atoms with van der Waals surface area (Å²) in [6.07, 6.45) is 0. The zero-order valence-electron chi connectivity index (χ0n) is 37.2. The number of nitrogens with zero attached hydrogens (tertiary/aromatic N) is 2. The first-order valence-corrected chi connectivity index (χ1v) is 23.3. The van der Waals surface area contributed by atoms with Crippen LogP contribution < -0.4 is 14.5 Å². The topological polar surface area (TPSA) is 42.0 Å². The van der Waals surface area contributed by atoms with E-state index in [4.69, 9.17) is 13.6 Å². The summed E-state index contributed by atoms with van der Waals surface area (Å²) < 4.78 is 20.1. The summed E-state index contributed by atoms with van der Waals surface area (Å²) in [5.41, 5.74) is 16.2. The van der Waals surface area contributed by atoms with Gasteiger partial charge in [0.25, 0.3) is 0 Å². The van der Waals surface area contributed by atoms with Gasteiger partial charge in [0, 0.05) is 84.2 Å². The quantitative estimate of drug-likeness (QED) is 0.152. The molecule has 2 aromatic heterocycles. The minimum Gasteiger partial charge on any atom is -0.456 e. The van der Waals surface area contributed by atoms with Gasteiger partial charge in [0.1, 0.15) is 33.8 Å². The van der Waals surface area contributed by atoms with E-state index < -0.39 is 0 Å².